The third-order valence-electron chi connectivity index (χ3n) is 8.97. The third kappa shape index (κ3) is 4.67. The first-order chi connectivity index (χ1) is 24.8. The van der Waals surface area contributed by atoms with Gasteiger partial charge in [0.1, 0.15) is 11.2 Å². The number of benzene rings is 6. The van der Waals surface area contributed by atoms with Crippen molar-refractivity contribution in [1.29, 1.82) is 0 Å². The van der Waals surface area contributed by atoms with Crippen LogP contribution in [0.5, 0.6) is 0 Å². The molecule has 4 heterocycles. The molecule has 0 spiro atoms. The predicted molar refractivity (Wildman–Crippen MR) is 203 cm³/mol. The standard InChI is InChI=1S/C43H25N5OS/c1-4-14-26(15-5-1)36-39-37(29-20-10-11-25-34(29)50-39)45-42(44-36)31-22-13-24-33-35(31)30-21-12-23-32(38(30)49-33)43-47-40(27-16-6-2-7-17-27)46-41(48-43)28-18-8-3-9-19-28/h1-25H. The second-order valence-corrected chi connectivity index (χ2v) is 13.1. The van der Waals surface area contributed by atoms with E-state index in [1.54, 1.807) is 11.3 Å². The number of para-hydroxylation sites is 1. The van der Waals surface area contributed by atoms with E-state index in [1.807, 2.05) is 91.0 Å². The van der Waals surface area contributed by atoms with Gasteiger partial charge >= 0.3 is 0 Å². The molecule has 6 nitrogen and oxygen atoms in total. The summed E-state index contributed by atoms with van der Waals surface area (Å²) in [5.41, 5.74) is 7.87. The molecule has 0 N–H and O–H groups in total. The normalized spacial score (nSPS) is 11.6. The molecule has 0 aliphatic heterocycles. The van der Waals surface area contributed by atoms with Gasteiger partial charge in [-0.2, -0.15) is 0 Å². The zero-order chi connectivity index (χ0) is 33.0. The quantitative estimate of drug-likeness (QED) is 0.183. The first kappa shape index (κ1) is 28.4. The molecule has 0 amide bonds. The minimum atomic E-state index is 0.540. The van der Waals surface area contributed by atoms with Crippen LogP contribution < -0.4 is 0 Å². The summed E-state index contributed by atoms with van der Waals surface area (Å²) in [4.78, 5) is 25.4. The molecular weight excluding hydrogens is 635 g/mol. The molecule has 0 unspecified atom stereocenters. The van der Waals surface area contributed by atoms with Gasteiger partial charge in [0, 0.05) is 43.1 Å². The van der Waals surface area contributed by atoms with Crippen molar-refractivity contribution in [3.63, 3.8) is 0 Å². The Morgan fingerprint density at radius 3 is 1.70 bits per heavy atom. The lowest BCUT2D eigenvalue weighted by Gasteiger charge is -2.09. The molecule has 7 heteroatoms. The molecule has 0 bridgehead atoms. The smallest absolute Gasteiger partial charge is 0.167 e. The van der Waals surface area contributed by atoms with Crippen molar-refractivity contribution in [2.75, 3.05) is 0 Å². The van der Waals surface area contributed by atoms with Crippen LogP contribution in [-0.4, -0.2) is 24.9 Å². The molecular formula is C43H25N5OS. The summed E-state index contributed by atoms with van der Waals surface area (Å²) in [7, 11) is 0. The van der Waals surface area contributed by atoms with Gasteiger partial charge in [0.2, 0.25) is 0 Å². The van der Waals surface area contributed by atoms with Crippen molar-refractivity contribution in [1.82, 2.24) is 24.9 Å². The molecule has 0 aliphatic rings. The molecule has 0 saturated carbocycles. The molecule has 234 valence electrons. The van der Waals surface area contributed by atoms with Crippen molar-refractivity contribution < 1.29 is 4.42 Å². The van der Waals surface area contributed by atoms with E-state index in [-0.39, 0.29) is 0 Å². The maximum Gasteiger partial charge on any atom is 0.167 e. The first-order valence-corrected chi connectivity index (χ1v) is 17.2. The highest BCUT2D eigenvalue weighted by Gasteiger charge is 2.22. The topological polar surface area (TPSA) is 77.6 Å². The molecule has 50 heavy (non-hydrogen) atoms. The predicted octanol–water partition coefficient (Wildman–Crippen LogP) is 11.3. The molecule has 0 fully saturated rings. The van der Waals surface area contributed by atoms with E-state index >= 15 is 0 Å². The second-order valence-electron chi connectivity index (χ2n) is 12.0. The number of nitrogens with zero attached hydrogens (tertiary/aromatic N) is 5. The number of thiophene rings is 1. The Kier molecular flexibility index (Phi) is 6.57. The second kappa shape index (κ2) is 11.5. The Bertz CT molecular complexity index is 2810. The van der Waals surface area contributed by atoms with Gasteiger partial charge in [0.25, 0.3) is 0 Å². The van der Waals surface area contributed by atoms with Crippen LogP contribution in [0.4, 0.5) is 0 Å². The lowest BCUT2D eigenvalue weighted by Crippen LogP contribution is -2.00. The van der Waals surface area contributed by atoms with Crippen LogP contribution in [0, 0.1) is 0 Å². The monoisotopic (exact) mass is 659 g/mol. The van der Waals surface area contributed by atoms with Crippen molar-refractivity contribution >= 4 is 53.6 Å². The van der Waals surface area contributed by atoms with Crippen LogP contribution in [0.3, 0.4) is 0 Å². The summed E-state index contributed by atoms with van der Waals surface area (Å²) in [6, 6.07) is 51.0. The average molecular weight is 660 g/mol. The van der Waals surface area contributed by atoms with Crippen LogP contribution in [0.15, 0.2) is 156 Å². The van der Waals surface area contributed by atoms with Gasteiger partial charge in [-0.15, -0.1) is 11.3 Å². The van der Waals surface area contributed by atoms with E-state index in [4.69, 9.17) is 29.3 Å². The molecule has 0 radical (unpaired) electrons. The highest BCUT2D eigenvalue weighted by molar-refractivity contribution is 7.26. The summed E-state index contributed by atoms with van der Waals surface area (Å²) in [6.45, 7) is 0. The highest BCUT2D eigenvalue weighted by atomic mass is 32.1. The molecule has 10 rings (SSSR count). The van der Waals surface area contributed by atoms with E-state index in [2.05, 4.69) is 60.7 Å². The molecule has 4 aromatic heterocycles. The minimum absolute atomic E-state index is 0.540. The largest absolute Gasteiger partial charge is 0.455 e. The summed E-state index contributed by atoms with van der Waals surface area (Å²) < 4.78 is 8.95. The number of fused-ring (bicyclic) bond motifs is 6. The summed E-state index contributed by atoms with van der Waals surface area (Å²) >= 11 is 1.73. The summed E-state index contributed by atoms with van der Waals surface area (Å²) in [5, 5.41) is 3.01. The van der Waals surface area contributed by atoms with E-state index in [1.165, 1.54) is 4.70 Å². The van der Waals surface area contributed by atoms with Crippen LogP contribution in [0.2, 0.25) is 0 Å². The van der Waals surface area contributed by atoms with Gasteiger partial charge in [-0.25, -0.2) is 24.9 Å². The number of hydrogen-bond donors (Lipinski definition) is 0. The highest BCUT2D eigenvalue weighted by Crippen LogP contribution is 2.43. The lowest BCUT2D eigenvalue weighted by atomic mass is 10.0. The van der Waals surface area contributed by atoms with Gasteiger partial charge in [-0.1, -0.05) is 133 Å². The maximum atomic E-state index is 6.70. The Hall–Kier alpha value is -6.57. The average Bonchev–Trinajstić information content (AvgIpc) is 3.77. The van der Waals surface area contributed by atoms with Crippen molar-refractivity contribution in [3.05, 3.63) is 152 Å². The van der Waals surface area contributed by atoms with Crippen LogP contribution >= 0.6 is 11.3 Å². The van der Waals surface area contributed by atoms with Crippen molar-refractivity contribution in [2.24, 2.45) is 0 Å². The zero-order valence-electron chi connectivity index (χ0n) is 26.5. The Labute approximate surface area is 290 Å². The number of hydrogen-bond acceptors (Lipinski definition) is 7. The SMILES string of the molecule is c1ccc(-c2nc(-c3ccccc3)nc(-c3cccc4c3oc3cccc(-c5nc(-c6ccccc6)c6sc7ccccc7c6n5)c34)n2)cc1. The van der Waals surface area contributed by atoms with Gasteiger partial charge in [-0.3, -0.25) is 0 Å². The fourth-order valence-corrected chi connectivity index (χ4v) is 7.80. The van der Waals surface area contributed by atoms with Gasteiger partial charge < -0.3 is 4.42 Å². The van der Waals surface area contributed by atoms with Crippen molar-refractivity contribution in [3.8, 4) is 56.8 Å². The number of aromatic nitrogens is 5. The minimum Gasteiger partial charge on any atom is -0.455 e. The molecule has 10 aromatic rings. The van der Waals surface area contributed by atoms with Gasteiger partial charge in [0.15, 0.2) is 23.3 Å². The van der Waals surface area contributed by atoms with E-state index in [0.717, 1.165) is 65.5 Å². The zero-order valence-corrected chi connectivity index (χ0v) is 27.3. The van der Waals surface area contributed by atoms with Crippen LogP contribution in [0.25, 0.3) is 99.1 Å². The molecule has 0 aliphatic carbocycles. The maximum absolute atomic E-state index is 6.70. The third-order valence-corrected chi connectivity index (χ3v) is 10.1. The van der Waals surface area contributed by atoms with E-state index < -0.39 is 0 Å². The summed E-state index contributed by atoms with van der Waals surface area (Å²) in [5.74, 6) is 2.39. The van der Waals surface area contributed by atoms with Crippen LogP contribution in [0.1, 0.15) is 0 Å². The Morgan fingerprint density at radius 2 is 0.980 bits per heavy atom. The van der Waals surface area contributed by atoms with E-state index in [0.29, 0.717) is 28.9 Å². The summed E-state index contributed by atoms with van der Waals surface area (Å²) in [6.07, 6.45) is 0. The first-order valence-electron chi connectivity index (χ1n) is 16.3. The Morgan fingerprint density at radius 1 is 0.420 bits per heavy atom. The van der Waals surface area contributed by atoms with Gasteiger partial charge in [0.05, 0.1) is 21.5 Å². The molecule has 0 atom stereocenters. The Balaban J connectivity index is 1.21. The van der Waals surface area contributed by atoms with E-state index in [9.17, 15) is 0 Å². The van der Waals surface area contributed by atoms with Gasteiger partial charge in [-0.05, 0) is 18.2 Å². The number of rotatable bonds is 5. The molecule has 6 aromatic carbocycles. The molecule has 0 saturated heterocycles. The fourth-order valence-electron chi connectivity index (χ4n) is 6.64. The fraction of sp³-hybridized carbons (Fsp3) is 0. The van der Waals surface area contributed by atoms with Crippen molar-refractivity contribution in [2.45, 2.75) is 0 Å². The van der Waals surface area contributed by atoms with Crippen LogP contribution in [-0.2, 0) is 0 Å². The number of furan rings is 1. The lowest BCUT2D eigenvalue weighted by molar-refractivity contribution is 0.669.